The summed E-state index contributed by atoms with van der Waals surface area (Å²) in [6, 6.07) is 6.76. The number of hydrogen-bond donors (Lipinski definition) is 3. The van der Waals surface area contributed by atoms with Gasteiger partial charge in [-0.25, -0.2) is 4.98 Å². The van der Waals surface area contributed by atoms with Crippen molar-refractivity contribution in [3.63, 3.8) is 0 Å². The molecule has 2 heterocycles. The minimum absolute atomic E-state index is 0.0559. The van der Waals surface area contributed by atoms with Gasteiger partial charge in [0.05, 0.1) is 22.7 Å². The highest BCUT2D eigenvalue weighted by atomic mass is 35.5. The molecule has 4 N–H and O–H groups in total. The lowest BCUT2D eigenvalue weighted by Crippen LogP contribution is -2.20. The summed E-state index contributed by atoms with van der Waals surface area (Å²) in [5.41, 5.74) is 9.43. The van der Waals surface area contributed by atoms with Crippen LogP contribution in [0.2, 0.25) is 5.15 Å². The number of nitrogens with zero attached hydrogens (tertiary/aromatic N) is 2. The van der Waals surface area contributed by atoms with Crippen molar-refractivity contribution in [1.29, 1.82) is 0 Å². The molecule has 0 spiro atoms. The lowest BCUT2D eigenvalue weighted by Gasteiger charge is -2.20. The average Bonchev–Trinajstić information content (AvgIpc) is 2.83. The molecule has 36 heavy (non-hydrogen) atoms. The zero-order chi connectivity index (χ0) is 26.6. The predicted molar refractivity (Wildman–Crippen MR) is 150 cm³/mol. The van der Waals surface area contributed by atoms with Gasteiger partial charge in [0.15, 0.2) is 11.1 Å². The van der Waals surface area contributed by atoms with Crippen LogP contribution in [0.4, 0.5) is 5.69 Å². The van der Waals surface area contributed by atoms with Crippen LogP contribution in [0.25, 0.3) is 16.5 Å². The summed E-state index contributed by atoms with van der Waals surface area (Å²) in [6.45, 7) is 9.44. The summed E-state index contributed by atoms with van der Waals surface area (Å²) in [6.07, 6.45) is 4.75. The van der Waals surface area contributed by atoms with Crippen molar-refractivity contribution in [3.8, 4) is 0 Å². The monoisotopic (exact) mass is 527 g/mol. The zero-order valence-electron chi connectivity index (χ0n) is 21.1. The molecule has 0 aliphatic heterocycles. The van der Waals surface area contributed by atoms with Gasteiger partial charge in [-0.2, -0.15) is 0 Å². The van der Waals surface area contributed by atoms with E-state index < -0.39 is 0 Å². The highest BCUT2D eigenvalue weighted by Crippen LogP contribution is 2.31. The van der Waals surface area contributed by atoms with E-state index in [1.54, 1.807) is 31.5 Å². The molecule has 0 radical (unpaired) electrons. The number of amides is 1. The molecular weight excluding hydrogens is 498 g/mol. The van der Waals surface area contributed by atoms with Crippen molar-refractivity contribution in [2.24, 2.45) is 10.7 Å². The van der Waals surface area contributed by atoms with Gasteiger partial charge in [-0.3, -0.25) is 19.3 Å². The van der Waals surface area contributed by atoms with Crippen molar-refractivity contribution in [2.45, 2.75) is 46.7 Å². The molecule has 0 fully saturated rings. The van der Waals surface area contributed by atoms with Gasteiger partial charge in [-0.15, -0.1) is 0 Å². The van der Waals surface area contributed by atoms with Crippen molar-refractivity contribution in [2.75, 3.05) is 11.6 Å². The van der Waals surface area contributed by atoms with E-state index >= 15 is 0 Å². The summed E-state index contributed by atoms with van der Waals surface area (Å²) >= 11 is 7.22. The largest absolute Gasteiger partial charge is 0.455 e. The fourth-order valence-corrected chi connectivity index (χ4v) is 4.18. The second kappa shape index (κ2) is 11.6. The third-order valence-corrected chi connectivity index (χ3v) is 6.06. The number of nitrogens with one attached hydrogen (secondary N) is 2. The van der Waals surface area contributed by atoms with Gasteiger partial charge in [0.25, 0.3) is 5.91 Å². The van der Waals surface area contributed by atoms with Crippen LogP contribution >= 0.6 is 23.5 Å². The summed E-state index contributed by atoms with van der Waals surface area (Å²) in [5.74, 6) is -0.00897. The minimum Gasteiger partial charge on any atom is -0.455 e. The summed E-state index contributed by atoms with van der Waals surface area (Å²) in [7, 11) is 0. The maximum atomic E-state index is 13.4. The number of rotatable bonds is 8. The Morgan fingerprint density at radius 2 is 1.97 bits per heavy atom. The Bertz CT molecular complexity index is 1410. The Hall–Kier alpha value is -3.30. The number of carbonyl (C=O) groups excluding carboxylic acids is 1. The predicted octanol–water partition coefficient (Wildman–Crippen LogP) is 5.42. The maximum absolute atomic E-state index is 13.4. The van der Waals surface area contributed by atoms with Crippen LogP contribution in [0.5, 0.6) is 0 Å². The average molecular weight is 528 g/mol. The van der Waals surface area contributed by atoms with Gasteiger partial charge in [0.1, 0.15) is 16.5 Å². The first kappa shape index (κ1) is 27.3. The molecule has 190 valence electrons. The molecule has 1 unspecified atom stereocenters. The number of allylic oxidation sites excluding steroid dienone is 1. The molecule has 10 heteroatoms. The number of anilines is 1. The second-order valence-electron chi connectivity index (χ2n) is 8.64. The number of nitrogens with two attached hydrogens (primary N) is 1. The quantitative estimate of drug-likeness (QED) is 0.203. The second-order valence-corrected chi connectivity index (χ2v) is 9.64. The molecule has 1 aromatic carbocycles. The van der Waals surface area contributed by atoms with E-state index in [2.05, 4.69) is 20.0 Å². The molecule has 0 saturated carbocycles. The first-order chi connectivity index (χ1) is 17.1. The van der Waals surface area contributed by atoms with Gasteiger partial charge in [0.2, 0.25) is 0 Å². The Labute approximate surface area is 219 Å². The minimum atomic E-state index is -0.375. The van der Waals surface area contributed by atoms with E-state index in [4.69, 9.17) is 21.8 Å². The number of halogens is 1. The van der Waals surface area contributed by atoms with Crippen molar-refractivity contribution >= 4 is 57.9 Å². The maximum Gasteiger partial charge on any atom is 0.281 e. The number of carbonyl (C=O) groups is 1. The molecule has 0 saturated heterocycles. The fourth-order valence-electron chi connectivity index (χ4n) is 3.75. The summed E-state index contributed by atoms with van der Waals surface area (Å²) in [4.78, 5) is 34.5. The molecule has 2 aromatic heterocycles. The van der Waals surface area contributed by atoms with Gasteiger partial charge in [-0.05, 0) is 58.4 Å². The Kier molecular flexibility index (Phi) is 8.81. The van der Waals surface area contributed by atoms with Crippen LogP contribution in [0.15, 0.2) is 44.7 Å². The third-order valence-electron chi connectivity index (χ3n) is 5.46. The SMILES string of the molecule is CSNC(=O)c1nc(Cl)ccc1NC(C)c1cc(C)cc2c(=O)c(C)c(/C(C=NC(C)C)=C/N)oc12. The van der Waals surface area contributed by atoms with Crippen LogP contribution in [-0.4, -0.2) is 29.4 Å². The van der Waals surface area contributed by atoms with Crippen LogP contribution in [-0.2, 0) is 0 Å². The van der Waals surface area contributed by atoms with Crippen molar-refractivity contribution < 1.29 is 9.21 Å². The molecule has 0 aliphatic rings. The highest BCUT2D eigenvalue weighted by molar-refractivity contribution is 7.97. The number of aryl methyl sites for hydroxylation is 1. The standard InChI is InChI=1S/C26H30ClN5O3S/c1-13(2)29-12-17(11-28)24-15(4)23(33)19-10-14(3)9-18(25(19)35-24)16(5)30-20-7-8-21(27)31-22(20)26(34)32-36-6/h7-13,16,30H,28H2,1-6H3,(H,32,34)/b17-11+,29-12?. The van der Waals surface area contributed by atoms with E-state index in [1.807, 2.05) is 39.8 Å². The lowest BCUT2D eigenvalue weighted by molar-refractivity contribution is 0.0980. The Morgan fingerprint density at radius 1 is 1.25 bits per heavy atom. The zero-order valence-corrected chi connectivity index (χ0v) is 22.7. The van der Waals surface area contributed by atoms with E-state index in [-0.39, 0.29) is 34.3 Å². The van der Waals surface area contributed by atoms with Gasteiger partial charge in [-0.1, -0.05) is 29.6 Å². The van der Waals surface area contributed by atoms with E-state index in [0.717, 1.165) is 11.1 Å². The molecular formula is C26H30ClN5O3S. The van der Waals surface area contributed by atoms with E-state index in [0.29, 0.717) is 33.6 Å². The number of fused-ring (bicyclic) bond motifs is 1. The Morgan fingerprint density at radius 3 is 2.61 bits per heavy atom. The van der Waals surface area contributed by atoms with E-state index in [1.165, 1.54) is 18.1 Å². The Balaban J connectivity index is 2.17. The molecule has 8 nitrogen and oxygen atoms in total. The third kappa shape index (κ3) is 5.91. The van der Waals surface area contributed by atoms with Crippen LogP contribution in [0, 0.1) is 13.8 Å². The fraction of sp³-hybridized carbons (Fsp3) is 0.308. The first-order valence-corrected chi connectivity index (χ1v) is 13.0. The number of hydrogen-bond acceptors (Lipinski definition) is 8. The van der Waals surface area contributed by atoms with Crippen molar-refractivity contribution in [1.82, 2.24) is 9.71 Å². The number of pyridine rings is 1. The molecule has 3 aromatic rings. The summed E-state index contributed by atoms with van der Waals surface area (Å²) in [5, 5.41) is 4.00. The molecule has 1 amide bonds. The number of aromatic nitrogens is 1. The number of aliphatic imine (C=N–C) groups is 1. The topological polar surface area (TPSA) is 123 Å². The molecule has 3 rings (SSSR count). The number of benzene rings is 1. The van der Waals surface area contributed by atoms with Gasteiger partial charge >= 0.3 is 0 Å². The summed E-state index contributed by atoms with van der Waals surface area (Å²) < 4.78 is 9.01. The van der Waals surface area contributed by atoms with Crippen molar-refractivity contribution in [3.05, 3.63) is 74.0 Å². The lowest BCUT2D eigenvalue weighted by atomic mass is 9.99. The van der Waals surface area contributed by atoms with E-state index in [9.17, 15) is 9.59 Å². The van der Waals surface area contributed by atoms with Gasteiger partial charge in [0, 0.05) is 35.8 Å². The van der Waals surface area contributed by atoms with Crippen LogP contribution in [0.3, 0.4) is 0 Å². The molecule has 0 aliphatic carbocycles. The van der Waals surface area contributed by atoms with Crippen LogP contribution < -0.4 is 21.2 Å². The first-order valence-electron chi connectivity index (χ1n) is 11.4. The molecule has 0 bridgehead atoms. The molecule has 1 atom stereocenters. The van der Waals surface area contributed by atoms with Crippen LogP contribution in [0.1, 0.15) is 59.8 Å². The highest BCUT2D eigenvalue weighted by Gasteiger charge is 2.21. The normalized spacial score (nSPS) is 12.9. The smallest absolute Gasteiger partial charge is 0.281 e. The van der Waals surface area contributed by atoms with Gasteiger partial charge < -0.3 is 15.5 Å².